The molecule has 0 saturated carbocycles. The number of rotatable bonds is 1. The van der Waals surface area contributed by atoms with Crippen molar-refractivity contribution in [3.8, 4) is 17.8 Å². The topological polar surface area (TPSA) is 68.3 Å². The normalized spacial score (nSPS) is 10.2. The molecule has 1 N–H and O–H groups in total. The number of halogens is 1. The fraction of sp³-hybridized carbons (Fsp3) is 0. The van der Waals surface area contributed by atoms with Gasteiger partial charge in [0.2, 0.25) is 0 Å². The zero-order valence-corrected chi connectivity index (χ0v) is 13.0. The van der Waals surface area contributed by atoms with Gasteiger partial charge in [0.25, 0.3) is 0 Å². The Kier molecular flexibility index (Phi) is 3.34. The summed E-state index contributed by atoms with van der Waals surface area (Å²) in [4.78, 5) is 3.05. The molecular weight excluding hydrogens is 348 g/mol. The van der Waals surface area contributed by atoms with Gasteiger partial charge in [-0.05, 0) is 42.5 Å². The average molecular weight is 355 g/mol. The summed E-state index contributed by atoms with van der Waals surface area (Å²) in [6.07, 6.45) is 0. The van der Waals surface area contributed by atoms with Gasteiger partial charge in [-0.15, -0.1) is 0 Å². The highest BCUT2D eigenvalue weighted by molar-refractivity contribution is 9.10. The molecule has 100 valence electrons. The van der Waals surface area contributed by atoms with Gasteiger partial charge in [-0.2, -0.15) is 10.5 Å². The van der Waals surface area contributed by atoms with Crippen molar-refractivity contribution in [3.63, 3.8) is 0 Å². The molecule has 0 bridgehead atoms. The second-order valence-corrected chi connectivity index (χ2v) is 5.65. The van der Waals surface area contributed by atoms with Gasteiger partial charge in [0.05, 0.1) is 27.8 Å². The second kappa shape index (κ2) is 5.17. The number of fused-ring (bicyclic) bond motifs is 1. The van der Waals surface area contributed by atoms with E-state index < -0.39 is 0 Å². The van der Waals surface area contributed by atoms with Crippen LogP contribution in [0.2, 0.25) is 0 Å². The van der Waals surface area contributed by atoms with Gasteiger partial charge in [-0.1, -0.05) is 22.0 Å². The van der Waals surface area contributed by atoms with Crippen molar-refractivity contribution < 1.29 is 0 Å². The summed E-state index contributed by atoms with van der Waals surface area (Å²) in [5, 5.41) is 18.5. The van der Waals surface area contributed by atoms with Crippen molar-refractivity contribution in [3.05, 3.63) is 56.8 Å². The van der Waals surface area contributed by atoms with Crippen LogP contribution >= 0.6 is 28.1 Å². The van der Waals surface area contributed by atoms with Gasteiger partial charge in [0.1, 0.15) is 12.1 Å². The number of hydrogen-bond donors (Lipinski definition) is 1. The van der Waals surface area contributed by atoms with Crippen molar-refractivity contribution in [2.75, 3.05) is 0 Å². The summed E-state index contributed by atoms with van der Waals surface area (Å²) < 4.78 is 3.05. The third-order valence-electron chi connectivity index (χ3n) is 3.16. The fourth-order valence-electron chi connectivity index (χ4n) is 2.26. The number of para-hydroxylation sites is 1. The van der Waals surface area contributed by atoms with Gasteiger partial charge in [-0.3, -0.25) is 4.57 Å². The monoisotopic (exact) mass is 354 g/mol. The molecular formula is C15H7BrN4S. The molecule has 1 heterocycles. The first-order valence-electron chi connectivity index (χ1n) is 5.99. The van der Waals surface area contributed by atoms with E-state index in [-0.39, 0.29) is 0 Å². The molecule has 0 spiro atoms. The van der Waals surface area contributed by atoms with Crippen LogP contribution in [0.4, 0.5) is 0 Å². The molecule has 0 saturated heterocycles. The minimum absolute atomic E-state index is 0.450. The largest absolute Gasteiger partial charge is 0.329 e. The van der Waals surface area contributed by atoms with Crippen molar-refractivity contribution in [1.82, 2.24) is 9.55 Å². The molecule has 0 amide bonds. The van der Waals surface area contributed by atoms with E-state index in [9.17, 15) is 10.5 Å². The Morgan fingerprint density at radius 3 is 2.57 bits per heavy atom. The van der Waals surface area contributed by atoms with Crippen LogP contribution < -0.4 is 0 Å². The number of nitrogens with zero attached hydrogens (tertiary/aromatic N) is 3. The molecule has 0 aliphatic heterocycles. The SMILES string of the molecule is N#Cc1cc(Br)ccc1-n1c(=S)[nH]c2c(C#N)cccc21. The predicted octanol–water partition coefficient (Wildman–Crippen LogP) is 4.19. The third kappa shape index (κ3) is 2.15. The predicted molar refractivity (Wildman–Crippen MR) is 85.6 cm³/mol. The van der Waals surface area contributed by atoms with E-state index in [1.807, 2.05) is 18.2 Å². The van der Waals surface area contributed by atoms with Gasteiger partial charge >= 0.3 is 0 Å². The second-order valence-electron chi connectivity index (χ2n) is 4.35. The maximum absolute atomic E-state index is 9.32. The summed E-state index contributed by atoms with van der Waals surface area (Å²) in [6, 6.07) is 15.1. The highest BCUT2D eigenvalue weighted by Crippen LogP contribution is 2.26. The van der Waals surface area contributed by atoms with Gasteiger partial charge in [0.15, 0.2) is 4.77 Å². The number of aromatic amines is 1. The number of benzene rings is 2. The van der Waals surface area contributed by atoms with Crippen LogP contribution in [0.25, 0.3) is 16.7 Å². The first-order valence-corrected chi connectivity index (χ1v) is 7.19. The van der Waals surface area contributed by atoms with Crippen molar-refractivity contribution in [2.24, 2.45) is 0 Å². The lowest BCUT2D eigenvalue weighted by molar-refractivity contribution is 1.06. The van der Waals surface area contributed by atoms with Gasteiger partial charge in [0, 0.05) is 4.47 Å². The van der Waals surface area contributed by atoms with E-state index in [1.54, 1.807) is 22.8 Å². The quantitative estimate of drug-likeness (QED) is 0.666. The molecule has 3 rings (SSSR count). The number of imidazole rings is 1. The van der Waals surface area contributed by atoms with E-state index in [0.717, 1.165) is 9.99 Å². The molecule has 2 aromatic carbocycles. The Morgan fingerprint density at radius 1 is 1.10 bits per heavy atom. The molecule has 0 atom stereocenters. The van der Waals surface area contributed by atoms with E-state index in [2.05, 4.69) is 33.1 Å². The van der Waals surface area contributed by atoms with Crippen LogP contribution in [-0.4, -0.2) is 9.55 Å². The lowest BCUT2D eigenvalue weighted by atomic mass is 10.1. The Balaban J connectivity index is 2.43. The van der Waals surface area contributed by atoms with Crippen LogP contribution in [0.3, 0.4) is 0 Å². The van der Waals surface area contributed by atoms with Crippen LogP contribution in [0.1, 0.15) is 11.1 Å². The van der Waals surface area contributed by atoms with Crippen molar-refractivity contribution in [2.45, 2.75) is 0 Å². The molecule has 0 fully saturated rings. The molecule has 1 aromatic heterocycles. The Hall–Kier alpha value is -2.41. The highest BCUT2D eigenvalue weighted by Gasteiger charge is 2.12. The number of nitrogens with one attached hydrogen (secondary N) is 1. The van der Waals surface area contributed by atoms with Crippen LogP contribution in [0, 0.1) is 27.4 Å². The zero-order chi connectivity index (χ0) is 15.0. The molecule has 4 nitrogen and oxygen atoms in total. The first-order chi connectivity index (χ1) is 10.2. The summed E-state index contributed by atoms with van der Waals surface area (Å²) in [5.41, 5.74) is 3.17. The van der Waals surface area contributed by atoms with Crippen LogP contribution in [0.5, 0.6) is 0 Å². The van der Waals surface area contributed by atoms with Crippen molar-refractivity contribution in [1.29, 1.82) is 10.5 Å². The van der Waals surface area contributed by atoms with Gasteiger partial charge in [-0.25, -0.2) is 0 Å². The lowest BCUT2D eigenvalue weighted by Gasteiger charge is -2.07. The average Bonchev–Trinajstić information content (AvgIpc) is 2.83. The van der Waals surface area contributed by atoms with E-state index in [0.29, 0.717) is 27.1 Å². The molecule has 0 radical (unpaired) electrons. The number of H-pyrrole nitrogens is 1. The molecule has 21 heavy (non-hydrogen) atoms. The molecule has 3 aromatic rings. The number of nitriles is 2. The minimum atomic E-state index is 0.450. The smallest absolute Gasteiger partial charge is 0.182 e. The van der Waals surface area contributed by atoms with E-state index >= 15 is 0 Å². The fourth-order valence-corrected chi connectivity index (χ4v) is 2.92. The molecule has 0 unspecified atom stereocenters. The highest BCUT2D eigenvalue weighted by atomic mass is 79.9. The third-order valence-corrected chi connectivity index (χ3v) is 3.94. The van der Waals surface area contributed by atoms with Crippen LogP contribution in [0.15, 0.2) is 40.9 Å². The maximum atomic E-state index is 9.32. The van der Waals surface area contributed by atoms with Crippen LogP contribution in [-0.2, 0) is 0 Å². The summed E-state index contributed by atoms with van der Waals surface area (Å²) in [6.45, 7) is 0. The summed E-state index contributed by atoms with van der Waals surface area (Å²) in [5.74, 6) is 0. The number of hydrogen-bond acceptors (Lipinski definition) is 3. The summed E-state index contributed by atoms with van der Waals surface area (Å²) in [7, 11) is 0. The maximum Gasteiger partial charge on any atom is 0.182 e. The summed E-state index contributed by atoms with van der Waals surface area (Å²) >= 11 is 8.71. The Morgan fingerprint density at radius 2 is 1.86 bits per heavy atom. The Labute approximate surface area is 134 Å². The number of aromatic nitrogens is 2. The van der Waals surface area contributed by atoms with E-state index in [4.69, 9.17) is 12.2 Å². The molecule has 0 aliphatic rings. The lowest BCUT2D eigenvalue weighted by Crippen LogP contribution is -1.97. The zero-order valence-electron chi connectivity index (χ0n) is 10.6. The standard InChI is InChI=1S/C15H7BrN4S/c16-11-4-5-12(10(6-11)8-18)20-13-3-1-2-9(7-17)14(13)19-15(20)21/h1-6H,(H,19,21). The molecule has 6 heteroatoms. The molecule has 0 aliphatic carbocycles. The van der Waals surface area contributed by atoms with Gasteiger partial charge < -0.3 is 4.98 Å². The van der Waals surface area contributed by atoms with Crippen molar-refractivity contribution >= 4 is 39.2 Å². The minimum Gasteiger partial charge on any atom is -0.329 e. The Bertz CT molecular complexity index is 1000. The van der Waals surface area contributed by atoms with E-state index in [1.165, 1.54) is 0 Å². The first kappa shape index (κ1) is 13.6.